The minimum Gasteiger partial charge on any atom is -0.491 e. The Hall–Kier alpha value is -4.19. The number of carboxylic acid groups (broad SMARTS) is 1. The molecule has 0 fully saturated rings. The molecule has 5 heteroatoms. The van der Waals surface area contributed by atoms with E-state index in [9.17, 15) is 9.90 Å². The van der Waals surface area contributed by atoms with Gasteiger partial charge in [-0.2, -0.15) is 0 Å². The van der Waals surface area contributed by atoms with E-state index >= 15 is 0 Å². The number of aryl methyl sites for hydroxylation is 1. The molecule has 0 heterocycles. The van der Waals surface area contributed by atoms with Crippen LogP contribution < -0.4 is 4.74 Å². The fourth-order valence-corrected chi connectivity index (χ4v) is 5.20. The van der Waals surface area contributed by atoms with Crippen molar-refractivity contribution in [2.24, 2.45) is 0 Å². The highest BCUT2D eigenvalue weighted by Gasteiger charge is 2.23. The van der Waals surface area contributed by atoms with E-state index in [0.29, 0.717) is 32.0 Å². The van der Waals surface area contributed by atoms with Gasteiger partial charge in [-0.15, -0.1) is 0 Å². The average molecular weight is 549 g/mol. The number of fused-ring (bicyclic) bond motifs is 2. The zero-order chi connectivity index (χ0) is 28.6. The maximum Gasteiger partial charge on any atom is 0.333 e. The SMILES string of the molecule is CCOC(Cc1ccc(OCCOC2c3ccc(CC)cc3C=Cc3cc(-c4ccccc4)ccc32)cc1)C(=O)O. The van der Waals surface area contributed by atoms with E-state index in [0.717, 1.165) is 28.7 Å². The van der Waals surface area contributed by atoms with Crippen LogP contribution in [0, 0.1) is 0 Å². The van der Waals surface area contributed by atoms with Crippen molar-refractivity contribution in [2.75, 3.05) is 19.8 Å². The zero-order valence-corrected chi connectivity index (χ0v) is 23.6. The van der Waals surface area contributed by atoms with Gasteiger partial charge in [-0.3, -0.25) is 0 Å². The van der Waals surface area contributed by atoms with Crippen molar-refractivity contribution < 1.29 is 24.1 Å². The first-order valence-corrected chi connectivity index (χ1v) is 14.2. The molecule has 0 saturated carbocycles. The van der Waals surface area contributed by atoms with Crippen LogP contribution in [0.25, 0.3) is 23.3 Å². The van der Waals surface area contributed by atoms with Gasteiger partial charge in [0.2, 0.25) is 0 Å². The van der Waals surface area contributed by atoms with Crippen molar-refractivity contribution in [3.05, 3.63) is 124 Å². The third-order valence-electron chi connectivity index (χ3n) is 7.39. The van der Waals surface area contributed by atoms with Gasteiger partial charge < -0.3 is 19.3 Å². The van der Waals surface area contributed by atoms with Crippen LogP contribution in [0.2, 0.25) is 0 Å². The lowest BCUT2D eigenvalue weighted by molar-refractivity contribution is -0.149. The van der Waals surface area contributed by atoms with Crippen LogP contribution in [0.15, 0.2) is 91.0 Å². The van der Waals surface area contributed by atoms with Crippen LogP contribution >= 0.6 is 0 Å². The van der Waals surface area contributed by atoms with Crippen molar-refractivity contribution in [3.63, 3.8) is 0 Å². The summed E-state index contributed by atoms with van der Waals surface area (Å²) in [5.41, 5.74) is 9.15. The van der Waals surface area contributed by atoms with Crippen molar-refractivity contribution in [3.8, 4) is 16.9 Å². The largest absolute Gasteiger partial charge is 0.491 e. The number of ether oxygens (including phenoxy) is 3. The quantitative estimate of drug-likeness (QED) is 0.185. The number of aliphatic carboxylic acids is 1. The second-order valence-electron chi connectivity index (χ2n) is 10.1. The lowest BCUT2D eigenvalue weighted by atomic mass is 9.93. The standard InChI is InChI=1S/C36H36O5/c1-3-25-12-18-32-29(22-25)13-14-30-24-28(27-8-6-5-7-9-27)15-19-33(30)35(32)41-21-20-40-31-16-10-26(11-17-31)23-34(36(37)38)39-4-2/h5-19,22,24,34-35H,3-4,20-21,23H2,1-2H3,(H,37,38). The lowest BCUT2D eigenvalue weighted by Gasteiger charge is -2.22. The van der Waals surface area contributed by atoms with E-state index in [1.807, 2.05) is 30.3 Å². The van der Waals surface area contributed by atoms with Gasteiger partial charge in [-0.25, -0.2) is 4.79 Å². The molecule has 2 unspecified atom stereocenters. The Morgan fingerprint density at radius 2 is 1.46 bits per heavy atom. The molecule has 4 aromatic carbocycles. The smallest absolute Gasteiger partial charge is 0.333 e. The molecule has 0 saturated heterocycles. The predicted molar refractivity (Wildman–Crippen MR) is 163 cm³/mol. The number of rotatable bonds is 12. The normalized spacial score (nSPS) is 14.5. The molecule has 5 rings (SSSR count). The van der Waals surface area contributed by atoms with Crippen LogP contribution in [0.1, 0.15) is 53.3 Å². The summed E-state index contributed by atoms with van der Waals surface area (Å²) < 4.78 is 17.8. The van der Waals surface area contributed by atoms with Gasteiger partial charge in [-0.1, -0.05) is 91.9 Å². The molecular formula is C36H36O5. The van der Waals surface area contributed by atoms with Crippen LogP contribution in [0.5, 0.6) is 5.75 Å². The number of carboxylic acids is 1. The third-order valence-corrected chi connectivity index (χ3v) is 7.39. The summed E-state index contributed by atoms with van der Waals surface area (Å²) in [5.74, 6) is -0.243. The van der Waals surface area contributed by atoms with Gasteiger partial charge in [0.05, 0.1) is 6.61 Å². The summed E-state index contributed by atoms with van der Waals surface area (Å²) in [6.45, 7) is 5.12. The van der Waals surface area contributed by atoms with Crippen molar-refractivity contribution >= 4 is 18.1 Å². The molecular weight excluding hydrogens is 512 g/mol. The molecule has 1 aliphatic carbocycles. The molecule has 41 heavy (non-hydrogen) atoms. The first-order valence-electron chi connectivity index (χ1n) is 14.2. The monoisotopic (exact) mass is 548 g/mol. The minimum atomic E-state index is -0.955. The van der Waals surface area contributed by atoms with Crippen LogP contribution in [0.3, 0.4) is 0 Å². The molecule has 1 N–H and O–H groups in total. The summed E-state index contributed by atoms with van der Waals surface area (Å²) >= 11 is 0. The molecule has 0 bridgehead atoms. The van der Waals surface area contributed by atoms with Gasteiger partial charge >= 0.3 is 5.97 Å². The molecule has 0 aliphatic heterocycles. The third kappa shape index (κ3) is 6.94. The Morgan fingerprint density at radius 1 is 0.780 bits per heavy atom. The Bertz CT molecular complexity index is 1490. The first-order chi connectivity index (χ1) is 20.1. The topological polar surface area (TPSA) is 65.0 Å². The maximum absolute atomic E-state index is 11.4. The van der Waals surface area contributed by atoms with Gasteiger partial charge in [0.15, 0.2) is 6.10 Å². The summed E-state index contributed by atoms with van der Waals surface area (Å²) in [4.78, 5) is 11.4. The highest BCUT2D eigenvalue weighted by Crippen LogP contribution is 2.37. The van der Waals surface area contributed by atoms with Crippen molar-refractivity contribution in [1.29, 1.82) is 0 Å². The number of hydrogen-bond acceptors (Lipinski definition) is 4. The van der Waals surface area contributed by atoms with Crippen molar-refractivity contribution in [1.82, 2.24) is 0 Å². The Kier molecular flexibility index (Phi) is 9.29. The molecule has 0 amide bonds. The summed E-state index contributed by atoms with van der Waals surface area (Å²) in [5, 5.41) is 9.34. The van der Waals surface area contributed by atoms with E-state index in [2.05, 4.69) is 79.7 Å². The molecule has 1 aliphatic rings. The number of benzene rings is 4. The Balaban J connectivity index is 1.29. The lowest BCUT2D eigenvalue weighted by Crippen LogP contribution is -2.26. The summed E-state index contributed by atoms with van der Waals surface area (Å²) in [6.07, 6.45) is 4.62. The van der Waals surface area contributed by atoms with E-state index in [1.54, 1.807) is 6.92 Å². The van der Waals surface area contributed by atoms with Crippen LogP contribution in [-0.4, -0.2) is 37.0 Å². The van der Waals surface area contributed by atoms with E-state index in [1.165, 1.54) is 22.3 Å². The fourth-order valence-electron chi connectivity index (χ4n) is 5.20. The molecule has 5 nitrogen and oxygen atoms in total. The molecule has 4 aromatic rings. The maximum atomic E-state index is 11.4. The molecule has 0 spiro atoms. The van der Waals surface area contributed by atoms with E-state index in [-0.39, 0.29) is 6.10 Å². The van der Waals surface area contributed by atoms with Gasteiger partial charge in [0.1, 0.15) is 18.5 Å². The van der Waals surface area contributed by atoms with Gasteiger partial charge in [0.25, 0.3) is 0 Å². The second-order valence-corrected chi connectivity index (χ2v) is 10.1. The Labute approximate surface area is 242 Å². The fraction of sp³-hybridized carbons (Fsp3) is 0.250. The molecule has 2 atom stereocenters. The zero-order valence-electron chi connectivity index (χ0n) is 23.6. The highest BCUT2D eigenvalue weighted by atomic mass is 16.5. The number of hydrogen-bond donors (Lipinski definition) is 1. The Morgan fingerprint density at radius 3 is 2.15 bits per heavy atom. The minimum absolute atomic E-state index is 0.219. The summed E-state index contributed by atoms with van der Waals surface area (Å²) in [6, 6.07) is 31.1. The van der Waals surface area contributed by atoms with Crippen LogP contribution in [-0.2, 0) is 27.1 Å². The molecule has 0 aromatic heterocycles. The van der Waals surface area contributed by atoms with E-state index < -0.39 is 12.1 Å². The second kappa shape index (κ2) is 13.4. The van der Waals surface area contributed by atoms with E-state index in [4.69, 9.17) is 14.2 Å². The first kappa shape index (κ1) is 28.3. The van der Waals surface area contributed by atoms with Crippen molar-refractivity contribution in [2.45, 2.75) is 38.9 Å². The predicted octanol–water partition coefficient (Wildman–Crippen LogP) is 7.62. The highest BCUT2D eigenvalue weighted by molar-refractivity contribution is 5.79. The molecule has 210 valence electrons. The number of carbonyl (C=O) groups is 1. The van der Waals surface area contributed by atoms with Crippen LogP contribution in [0.4, 0.5) is 0 Å². The van der Waals surface area contributed by atoms with Gasteiger partial charge in [0, 0.05) is 13.0 Å². The average Bonchev–Trinajstić information content (AvgIpc) is 3.16. The van der Waals surface area contributed by atoms with Gasteiger partial charge in [-0.05, 0) is 76.1 Å². The summed E-state index contributed by atoms with van der Waals surface area (Å²) in [7, 11) is 0. The molecule has 0 radical (unpaired) electrons.